The van der Waals surface area contributed by atoms with Crippen LogP contribution in [0.3, 0.4) is 0 Å². The average molecular weight is 417 g/mol. The molecular formula is C25H28N4O2. The Labute approximate surface area is 183 Å². The maximum atomic E-state index is 12.8. The highest BCUT2D eigenvalue weighted by Gasteiger charge is 2.16. The molecule has 0 fully saturated rings. The summed E-state index contributed by atoms with van der Waals surface area (Å²) in [6, 6.07) is 22.5. The van der Waals surface area contributed by atoms with Gasteiger partial charge < -0.3 is 10.6 Å². The van der Waals surface area contributed by atoms with Gasteiger partial charge in [0.15, 0.2) is 0 Å². The first-order valence-electron chi connectivity index (χ1n) is 10.4. The van der Waals surface area contributed by atoms with Crippen LogP contribution in [0.15, 0.2) is 79.0 Å². The fourth-order valence-electron chi connectivity index (χ4n) is 3.25. The van der Waals surface area contributed by atoms with Gasteiger partial charge in [0.05, 0.1) is 23.8 Å². The van der Waals surface area contributed by atoms with Gasteiger partial charge in [-0.1, -0.05) is 48.5 Å². The van der Waals surface area contributed by atoms with Gasteiger partial charge in [0.25, 0.3) is 5.91 Å². The van der Waals surface area contributed by atoms with Gasteiger partial charge in [0.2, 0.25) is 5.91 Å². The van der Waals surface area contributed by atoms with Crippen LogP contribution in [0.1, 0.15) is 34.6 Å². The van der Waals surface area contributed by atoms with Gasteiger partial charge >= 0.3 is 0 Å². The third-order valence-electron chi connectivity index (χ3n) is 4.98. The van der Waals surface area contributed by atoms with Crippen molar-refractivity contribution in [2.24, 2.45) is 0 Å². The largest absolute Gasteiger partial charge is 0.345 e. The van der Waals surface area contributed by atoms with Crippen LogP contribution in [-0.2, 0) is 11.2 Å². The Morgan fingerprint density at radius 1 is 0.968 bits per heavy atom. The van der Waals surface area contributed by atoms with Gasteiger partial charge in [0, 0.05) is 24.9 Å². The summed E-state index contributed by atoms with van der Waals surface area (Å²) in [5.41, 5.74) is 2.95. The number of hydrogen-bond acceptors (Lipinski definition) is 4. The van der Waals surface area contributed by atoms with Crippen LogP contribution < -0.4 is 10.6 Å². The molecule has 0 aliphatic carbocycles. The molecule has 2 aromatic carbocycles. The fourth-order valence-corrected chi connectivity index (χ4v) is 3.25. The topological polar surface area (TPSA) is 74.3 Å². The third kappa shape index (κ3) is 6.76. The number of hydrogen-bond donors (Lipinski definition) is 2. The number of carbonyl (C=O) groups is 2. The second-order valence-electron chi connectivity index (χ2n) is 7.51. The molecule has 2 amide bonds. The van der Waals surface area contributed by atoms with E-state index in [1.165, 1.54) is 0 Å². The SMILES string of the molecule is CC(NC(=O)c1ccccc1NC(=O)CN(C)CCc1ccccn1)c1ccccc1. The lowest BCUT2D eigenvalue weighted by molar-refractivity contribution is -0.117. The molecule has 0 aliphatic rings. The van der Waals surface area contributed by atoms with Crippen LogP contribution in [0.2, 0.25) is 0 Å². The van der Waals surface area contributed by atoms with Crippen molar-refractivity contribution in [3.8, 4) is 0 Å². The summed E-state index contributed by atoms with van der Waals surface area (Å²) in [5.74, 6) is -0.393. The van der Waals surface area contributed by atoms with E-state index in [-0.39, 0.29) is 24.4 Å². The summed E-state index contributed by atoms with van der Waals surface area (Å²) >= 11 is 0. The minimum absolute atomic E-state index is 0.143. The fraction of sp³-hybridized carbons (Fsp3) is 0.240. The van der Waals surface area contributed by atoms with Crippen LogP contribution in [0, 0.1) is 0 Å². The zero-order valence-corrected chi connectivity index (χ0v) is 17.9. The average Bonchev–Trinajstić information content (AvgIpc) is 2.79. The summed E-state index contributed by atoms with van der Waals surface area (Å²) in [5, 5.41) is 5.87. The van der Waals surface area contributed by atoms with E-state index in [4.69, 9.17) is 0 Å². The van der Waals surface area contributed by atoms with E-state index in [0.717, 1.165) is 17.7 Å². The lowest BCUT2D eigenvalue weighted by atomic mass is 10.1. The summed E-state index contributed by atoms with van der Waals surface area (Å²) in [6.07, 6.45) is 2.53. The maximum Gasteiger partial charge on any atom is 0.253 e. The van der Waals surface area contributed by atoms with Crippen molar-refractivity contribution in [3.05, 3.63) is 95.8 Å². The molecule has 0 bridgehead atoms. The van der Waals surface area contributed by atoms with Crippen molar-refractivity contribution in [3.63, 3.8) is 0 Å². The van der Waals surface area contributed by atoms with Crippen LogP contribution in [0.4, 0.5) is 5.69 Å². The highest BCUT2D eigenvalue weighted by molar-refractivity contribution is 6.04. The number of amides is 2. The van der Waals surface area contributed by atoms with E-state index in [1.807, 2.05) is 67.4 Å². The molecule has 0 spiro atoms. The van der Waals surface area contributed by atoms with Crippen molar-refractivity contribution in [2.45, 2.75) is 19.4 Å². The molecule has 0 saturated heterocycles. The highest BCUT2D eigenvalue weighted by Crippen LogP contribution is 2.18. The van der Waals surface area contributed by atoms with Crippen molar-refractivity contribution >= 4 is 17.5 Å². The van der Waals surface area contributed by atoms with Crippen LogP contribution >= 0.6 is 0 Å². The highest BCUT2D eigenvalue weighted by atomic mass is 16.2. The van der Waals surface area contributed by atoms with Gasteiger partial charge in [-0.25, -0.2) is 0 Å². The van der Waals surface area contributed by atoms with E-state index >= 15 is 0 Å². The van der Waals surface area contributed by atoms with Gasteiger partial charge in [-0.15, -0.1) is 0 Å². The Bertz CT molecular complexity index is 993. The second kappa shape index (κ2) is 11.0. The minimum Gasteiger partial charge on any atom is -0.345 e. The normalized spacial score (nSPS) is 11.7. The Hall–Kier alpha value is -3.51. The third-order valence-corrected chi connectivity index (χ3v) is 4.98. The van der Waals surface area contributed by atoms with Crippen molar-refractivity contribution in [1.29, 1.82) is 0 Å². The van der Waals surface area contributed by atoms with Gasteiger partial charge in [-0.2, -0.15) is 0 Å². The summed E-state index contributed by atoms with van der Waals surface area (Å²) in [6.45, 7) is 2.87. The van der Waals surface area contributed by atoms with E-state index in [9.17, 15) is 9.59 Å². The van der Waals surface area contributed by atoms with Gasteiger partial charge in [-0.3, -0.25) is 19.5 Å². The van der Waals surface area contributed by atoms with Crippen LogP contribution in [0.5, 0.6) is 0 Å². The van der Waals surface area contributed by atoms with E-state index in [1.54, 1.807) is 30.5 Å². The molecule has 6 heteroatoms. The molecule has 1 unspecified atom stereocenters. The lowest BCUT2D eigenvalue weighted by Gasteiger charge is -2.18. The summed E-state index contributed by atoms with van der Waals surface area (Å²) in [7, 11) is 1.89. The number of pyridine rings is 1. The monoisotopic (exact) mass is 416 g/mol. The molecule has 0 radical (unpaired) electrons. The summed E-state index contributed by atoms with van der Waals surface area (Å²) in [4.78, 5) is 31.6. The molecule has 3 rings (SSSR count). The Morgan fingerprint density at radius 2 is 1.68 bits per heavy atom. The molecule has 6 nitrogen and oxygen atoms in total. The molecule has 3 aromatic rings. The predicted octanol–water partition coefficient (Wildman–Crippen LogP) is 3.69. The smallest absolute Gasteiger partial charge is 0.253 e. The number of nitrogens with zero attached hydrogens (tertiary/aromatic N) is 2. The standard InChI is InChI=1S/C25H28N4O2/c1-19(20-10-4-3-5-11-20)27-25(31)22-13-6-7-14-23(22)28-24(30)18-29(2)17-15-21-12-8-9-16-26-21/h3-14,16,19H,15,17-18H2,1-2H3,(H,27,31)(H,28,30). The summed E-state index contributed by atoms with van der Waals surface area (Å²) < 4.78 is 0. The lowest BCUT2D eigenvalue weighted by Crippen LogP contribution is -2.33. The first-order chi connectivity index (χ1) is 15.0. The molecule has 2 N–H and O–H groups in total. The number of aromatic nitrogens is 1. The number of rotatable bonds is 9. The van der Waals surface area contributed by atoms with E-state index < -0.39 is 0 Å². The number of carbonyl (C=O) groups excluding carboxylic acids is 2. The molecule has 31 heavy (non-hydrogen) atoms. The Balaban J connectivity index is 1.56. The molecule has 1 heterocycles. The molecular weight excluding hydrogens is 388 g/mol. The Morgan fingerprint density at radius 3 is 2.42 bits per heavy atom. The van der Waals surface area contributed by atoms with Gasteiger partial charge in [-0.05, 0) is 43.8 Å². The van der Waals surface area contributed by atoms with Crippen molar-refractivity contribution in [1.82, 2.24) is 15.2 Å². The Kier molecular flexibility index (Phi) is 7.90. The minimum atomic E-state index is -0.226. The zero-order valence-electron chi connectivity index (χ0n) is 17.9. The first kappa shape index (κ1) is 22.2. The number of likely N-dealkylation sites (N-methyl/N-ethyl adjacent to an activating group) is 1. The van der Waals surface area contributed by atoms with Crippen molar-refractivity contribution in [2.75, 3.05) is 25.5 Å². The number of anilines is 1. The van der Waals surface area contributed by atoms with Crippen LogP contribution in [0.25, 0.3) is 0 Å². The zero-order chi connectivity index (χ0) is 22.1. The number of nitrogens with one attached hydrogen (secondary N) is 2. The van der Waals surface area contributed by atoms with Crippen LogP contribution in [-0.4, -0.2) is 41.8 Å². The maximum absolute atomic E-state index is 12.8. The van der Waals surface area contributed by atoms with Crippen molar-refractivity contribution < 1.29 is 9.59 Å². The predicted molar refractivity (Wildman–Crippen MR) is 123 cm³/mol. The van der Waals surface area contributed by atoms with Gasteiger partial charge in [0.1, 0.15) is 0 Å². The second-order valence-corrected chi connectivity index (χ2v) is 7.51. The van der Waals surface area contributed by atoms with E-state index in [0.29, 0.717) is 17.8 Å². The molecule has 160 valence electrons. The molecule has 0 saturated carbocycles. The molecule has 0 aliphatic heterocycles. The molecule has 1 aromatic heterocycles. The number of benzene rings is 2. The number of para-hydroxylation sites is 1. The quantitative estimate of drug-likeness (QED) is 0.558. The molecule has 1 atom stereocenters. The van der Waals surface area contributed by atoms with E-state index in [2.05, 4.69) is 15.6 Å². The first-order valence-corrected chi connectivity index (χ1v) is 10.4.